The summed E-state index contributed by atoms with van der Waals surface area (Å²) in [6.45, 7) is 0. The van der Waals surface area contributed by atoms with Gasteiger partial charge in [-0.05, 0) is 29.8 Å². The minimum absolute atomic E-state index is 0.256. The zero-order valence-electron chi connectivity index (χ0n) is 15.5. The molecule has 0 aliphatic heterocycles. The summed E-state index contributed by atoms with van der Waals surface area (Å²) < 4.78 is 10.8. The monoisotopic (exact) mass is 382 g/mol. The molecule has 5 rings (SSSR count). The molecule has 29 heavy (non-hydrogen) atoms. The van der Waals surface area contributed by atoms with Gasteiger partial charge in [-0.1, -0.05) is 47.6 Å². The number of aromatic nitrogens is 3. The van der Waals surface area contributed by atoms with Crippen LogP contribution in [-0.2, 0) is 6.42 Å². The van der Waals surface area contributed by atoms with Gasteiger partial charge in [0.1, 0.15) is 17.7 Å². The van der Waals surface area contributed by atoms with Gasteiger partial charge < -0.3 is 14.7 Å². The van der Waals surface area contributed by atoms with Crippen molar-refractivity contribution in [3.8, 4) is 22.8 Å². The summed E-state index contributed by atoms with van der Waals surface area (Å²) >= 11 is 0. The molecule has 1 unspecified atom stereocenters. The van der Waals surface area contributed by atoms with Gasteiger partial charge in [-0.3, -0.25) is 0 Å². The highest BCUT2D eigenvalue weighted by Crippen LogP contribution is 2.33. The average molecular weight is 382 g/mol. The lowest BCUT2D eigenvalue weighted by molar-refractivity contribution is 0.459. The van der Waals surface area contributed by atoms with Crippen molar-refractivity contribution in [1.82, 2.24) is 15.1 Å². The van der Waals surface area contributed by atoms with Crippen LogP contribution in [0.4, 0.5) is 0 Å². The van der Waals surface area contributed by atoms with E-state index in [1.807, 2.05) is 66.7 Å². The molecule has 2 aromatic carbocycles. The molecule has 1 atom stereocenters. The van der Waals surface area contributed by atoms with Crippen LogP contribution in [0.1, 0.15) is 17.3 Å². The van der Waals surface area contributed by atoms with Crippen LogP contribution in [0.15, 0.2) is 88.1 Å². The highest BCUT2D eigenvalue weighted by molar-refractivity contribution is 5.92. The van der Waals surface area contributed by atoms with E-state index in [0.717, 1.165) is 33.5 Å². The third-order valence-electron chi connectivity index (χ3n) is 4.88. The van der Waals surface area contributed by atoms with E-state index in [-0.39, 0.29) is 6.04 Å². The number of fused-ring (bicyclic) bond motifs is 1. The fourth-order valence-corrected chi connectivity index (χ4v) is 3.51. The number of rotatable bonds is 5. The second kappa shape index (κ2) is 7.33. The Morgan fingerprint density at radius 1 is 0.931 bits per heavy atom. The molecule has 6 heteroatoms. The standard InChI is InChI=1S/C23H18N4O2/c24-19(14-15-6-5-10-20(26-15)23-25-12-13-28-23)16-7-1-2-8-17(16)22-18-9-3-4-11-21(18)29-27-22/h1-13,19H,14,24H2. The van der Waals surface area contributed by atoms with Crippen LogP contribution in [-0.4, -0.2) is 15.1 Å². The largest absolute Gasteiger partial charge is 0.443 e. The molecular weight excluding hydrogens is 364 g/mol. The Morgan fingerprint density at radius 2 is 1.79 bits per heavy atom. The fraction of sp³-hybridized carbons (Fsp3) is 0.0870. The molecule has 0 fully saturated rings. The number of para-hydroxylation sites is 1. The van der Waals surface area contributed by atoms with E-state index in [2.05, 4.69) is 15.1 Å². The first-order chi connectivity index (χ1) is 14.3. The smallest absolute Gasteiger partial charge is 0.244 e. The number of oxazole rings is 1. The molecule has 0 aliphatic rings. The summed E-state index contributed by atoms with van der Waals surface area (Å²) in [6.07, 6.45) is 3.71. The molecule has 0 saturated heterocycles. The van der Waals surface area contributed by atoms with Crippen molar-refractivity contribution in [1.29, 1.82) is 0 Å². The van der Waals surface area contributed by atoms with Gasteiger partial charge in [0.25, 0.3) is 0 Å². The molecular formula is C23H18N4O2. The molecule has 0 amide bonds. The van der Waals surface area contributed by atoms with Crippen LogP contribution in [0, 0.1) is 0 Å². The lowest BCUT2D eigenvalue weighted by Crippen LogP contribution is -2.15. The molecule has 6 nitrogen and oxygen atoms in total. The van der Waals surface area contributed by atoms with Crippen molar-refractivity contribution in [2.75, 3.05) is 0 Å². The number of benzene rings is 2. The van der Waals surface area contributed by atoms with Gasteiger partial charge in [-0.15, -0.1) is 0 Å². The maximum absolute atomic E-state index is 6.61. The summed E-state index contributed by atoms with van der Waals surface area (Å²) in [6, 6.07) is 21.4. The summed E-state index contributed by atoms with van der Waals surface area (Å²) in [5.41, 5.74) is 11.7. The Balaban J connectivity index is 1.49. The van der Waals surface area contributed by atoms with Crippen molar-refractivity contribution in [3.05, 3.63) is 90.4 Å². The minimum Gasteiger partial charge on any atom is -0.443 e. The topological polar surface area (TPSA) is 91.0 Å². The van der Waals surface area contributed by atoms with Crippen LogP contribution >= 0.6 is 0 Å². The summed E-state index contributed by atoms with van der Waals surface area (Å²) in [4.78, 5) is 8.82. The van der Waals surface area contributed by atoms with Gasteiger partial charge in [0.15, 0.2) is 5.58 Å². The maximum atomic E-state index is 6.61. The first-order valence-corrected chi connectivity index (χ1v) is 9.35. The van der Waals surface area contributed by atoms with E-state index < -0.39 is 0 Å². The Kier molecular flexibility index (Phi) is 4.38. The highest BCUT2D eigenvalue weighted by Gasteiger charge is 2.18. The third kappa shape index (κ3) is 3.30. The van der Waals surface area contributed by atoms with Gasteiger partial charge in [0.05, 0.1) is 6.20 Å². The molecule has 0 radical (unpaired) electrons. The van der Waals surface area contributed by atoms with E-state index in [0.29, 0.717) is 18.0 Å². The number of hydrogen-bond donors (Lipinski definition) is 1. The Labute approximate surface area is 167 Å². The molecule has 3 aromatic heterocycles. The van der Waals surface area contributed by atoms with Crippen molar-refractivity contribution in [2.24, 2.45) is 5.73 Å². The Bertz CT molecular complexity index is 1260. The van der Waals surface area contributed by atoms with E-state index in [4.69, 9.17) is 14.7 Å². The number of pyridine rings is 1. The van der Waals surface area contributed by atoms with Crippen LogP contribution in [0.25, 0.3) is 33.8 Å². The molecule has 0 saturated carbocycles. The zero-order valence-corrected chi connectivity index (χ0v) is 15.5. The molecule has 3 heterocycles. The summed E-state index contributed by atoms with van der Waals surface area (Å²) in [5.74, 6) is 0.495. The maximum Gasteiger partial charge on any atom is 0.244 e. The van der Waals surface area contributed by atoms with Crippen molar-refractivity contribution in [2.45, 2.75) is 12.5 Å². The van der Waals surface area contributed by atoms with Crippen LogP contribution in [0.5, 0.6) is 0 Å². The summed E-state index contributed by atoms with van der Waals surface area (Å²) in [7, 11) is 0. The minimum atomic E-state index is -0.256. The number of nitrogens with zero attached hydrogens (tertiary/aromatic N) is 3. The summed E-state index contributed by atoms with van der Waals surface area (Å²) in [5, 5.41) is 5.27. The van der Waals surface area contributed by atoms with Crippen LogP contribution < -0.4 is 5.73 Å². The third-order valence-corrected chi connectivity index (χ3v) is 4.88. The zero-order chi connectivity index (χ0) is 19.6. The molecule has 0 aliphatic carbocycles. The Hall–Kier alpha value is -3.77. The normalized spacial score (nSPS) is 12.3. The molecule has 0 bridgehead atoms. The predicted octanol–water partition coefficient (Wildman–Crippen LogP) is 4.79. The first-order valence-electron chi connectivity index (χ1n) is 9.35. The van der Waals surface area contributed by atoms with Crippen molar-refractivity contribution < 1.29 is 8.94 Å². The van der Waals surface area contributed by atoms with Gasteiger partial charge in [-0.2, -0.15) is 0 Å². The van der Waals surface area contributed by atoms with Crippen molar-refractivity contribution >= 4 is 11.0 Å². The predicted molar refractivity (Wildman–Crippen MR) is 110 cm³/mol. The molecule has 2 N–H and O–H groups in total. The first kappa shape index (κ1) is 17.3. The molecule has 142 valence electrons. The Morgan fingerprint density at radius 3 is 2.69 bits per heavy atom. The fourth-order valence-electron chi connectivity index (χ4n) is 3.51. The van der Waals surface area contributed by atoms with Gasteiger partial charge >= 0.3 is 0 Å². The lowest BCUT2D eigenvalue weighted by Gasteiger charge is -2.15. The highest BCUT2D eigenvalue weighted by atomic mass is 16.5. The van der Waals surface area contributed by atoms with Gasteiger partial charge in [0.2, 0.25) is 5.89 Å². The number of nitrogens with two attached hydrogens (primary N) is 1. The average Bonchev–Trinajstić information content (AvgIpc) is 3.44. The quantitative estimate of drug-likeness (QED) is 0.470. The number of hydrogen-bond acceptors (Lipinski definition) is 6. The second-order valence-electron chi connectivity index (χ2n) is 6.78. The van der Waals surface area contributed by atoms with E-state index >= 15 is 0 Å². The second-order valence-corrected chi connectivity index (χ2v) is 6.78. The van der Waals surface area contributed by atoms with Crippen LogP contribution in [0.2, 0.25) is 0 Å². The molecule has 5 aromatic rings. The van der Waals surface area contributed by atoms with Gasteiger partial charge in [0, 0.05) is 29.1 Å². The van der Waals surface area contributed by atoms with Crippen LogP contribution in [0.3, 0.4) is 0 Å². The lowest BCUT2D eigenvalue weighted by atomic mass is 9.94. The van der Waals surface area contributed by atoms with E-state index in [1.54, 1.807) is 6.20 Å². The van der Waals surface area contributed by atoms with E-state index in [1.165, 1.54) is 6.26 Å². The SMILES string of the molecule is NC(Cc1cccc(-c2ncco2)n1)c1ccccc1-c1noc2ccccc12. The van der Waals surface area contributed by atoms with Crippen molar-refractivity contribution in [3.63, 3.8) is 0 Å². The molecule has 0 spiro atoms. The van der Waals surface area contributed by atoms with E-state index in [9.17, 15) is 0 Å². The van der Waals surface area contributed by atoms with Gasteiger partial charge in [-0.25, -0.2) is 9.97 Å².